The van der Waals surface area contributed by atoms with Crippen LogP contribution in [0.2, 0.25) is 0 Å². The van der Waals surface area contributed by atoms with Crippen molar-refractivity contribution in [2.24, 2.45) is 5.73 Å². The lowest BCUT2D eigenvalue weighted by atomic mass is 10.2. The van der Waals surface area contributed by atoms with Crippen LogP contribution >= 0.6 is 11.5 Å². The first-order chi connectivity index (χ1) is 9.74. The van der Waals surface area contributed by atoms with Gasteiger partial charge in [0.15, 0.2) is 0 Å². The van der Waals surface area contributed by atoms with Crippen molar-refractivity contribution in [3.8, 4) is 5.75 Å². The minimum Gasteiger partial charge on any atom is -0.492 e. The maximum absolute atomic E-state index is 12.1. The van der Waals surface area contributed by atoms with Crippen LogP contribution < -0.4 is 15.8 Å². The zero-order valence-corrected chi connectivity index (χ0v) is 11.9. The third kappa shape index (κ3) is 3.52. The van der Waals surface area contributed by atoms with Gasteiger partial charge in [0, 0.05) is 18.3 Å². The summed E-state index contributed by atoms with van der Waals surface area (Å²) in [5.41, 5.74) is 6.76. The largest absolute Gasteiger partial charge is 0.492 e. The van der Waals surface area contributed by atoms with Crippen LogP contribution in [-0.2, 0) is 6.42 Å². The maximum Gasteiger partial charge on any atom is 0.269 e. The number of aromatic nitrogens is 2. The first-order valence-electron chi connectivity index (χ1n) is 6.30. The van der Waals surface area contributed by atoms with Crippen molar-refractivity contribution in [3.63, 3.8) is 0 Å². The van der Waals surface area contributed by atoms with E-state index in [0.29, 0.717) is 41.6 Å². The van der Waals surface area contributed by atoms with E-state index in [0.717, 1.165) is 11.5 Å². The lowest BCUT2D eigenvalue weighted by Crippen LogP contribution is -2.13. The van der Waals surface area contributed by atoms with Crippen LogP contribution in [0, 0.1) is 0 Å². The highest BCUT2D eigenvalue weighted by Crippen LogP contribution is 2.19. The number of amides is 1. The quantitative estimate of drug-likeness (QED) is 0.845. The van der Waals surface area contributed by atoms with Crippen molar-refractivity contribution in [1.29, 1.82) is 0 Å². The average molecular weight is 292 g/mol. The summed E-state index contributed by atoms with van der Waals surface area (Å²) in [6.45, 7) is 2.83. The summed E-state index contributed by atoms with van der Waals surface area (Å²) in [6.07, 6.45) is 0.679. The summed E-state index contributed by atoms with van der Waals surface area (Å²) in [6, 6.07) is 7.19. The molecule has 1 amide bonds. The molecule has 2 rings (SSSR count). The van der Waals surface area contributed by atoms with E-state index in [1.807, 2.05) is 19.1 Å². The fourth-order valence-corrected chi connectivity index (χ4v) is 2.29. The highest BCUT2D eigenvalue weighted by molar-refractivity contribution is 7.08. The number of carbonyl (C=O) groups is 1. The van der Waals surface area contributed by atoms with E-state index in [9.17, 15) is 4.79 Å². The molecule has 3 N–H and O–H groups in total. The Balaban J connectivity index is 2.08. The molecule has 0 bridgehead atoms. The van der Waals surface area contributed by atoms with Crippen LogP contribution in [0.4, 0.5) is 5.69 Å². The van der Waals surface area contributed by atoms with Crippen LogP contribution in [0.25, 0.3) is 0 Å². The van der Waals surface area contributed by atoms with E-state index in [1.54, 1.807) is 12.1 Å². The number of aryl methyl sites for hydroxylation is 1. The number of nitrogens with zero attached hydrogens (tertiary/aromatic N) is 2. The molecule has 0 radical (unpaired) electrons. The van der Waals surface area contributed by atoms with Crippen LogP contribution in [0.5, 0.6) is 5.75 Å². The zero-order valence-electron chi connectivity index (χ0n) is 11.1. The number of nitrogens with one attached hydrogen (secondary N) is 1. The van der Waals surface area contributed by atoms with Crippen molar-refractivity contribution in [1.82, 2.24) is 9.59 Å². The molecule has 0 spiro atoms. The third-order valence-corrected chi connectivity index (χ3v) is 3.34. The molecule has 0 saturated carbocycles. The minimum absolute atomic E-state index is 0.201. The molecule has 0 atom stereocenters. The molecule has 7 heteroatoms. The molecule has 0 aliphatic heterocycles. The van der Waals surface area contributed by atoms with E-state index in [2.05, 4.69) is 14.9 Å². The lowest BCUT2D eigenvalue weighted by molar-refractivity contribution is 0.102. The Labute approximate surface area is 121 Å². The van der Waals surface area contributed by atoms with Gasteiger partial charge in [0.1, 0.15) is 17.2 Å². The first kappa shape index (κ1) is 14.4. The van der Waals surface area contributed by atoms with Crippen molar-refractivity contribution in [2.75, 3.05) is 18.5 Å². The average Bonchev–Trinajstić information content (AvgIpc) is 2.94. The highest BCUT2D eigenvalue weighted by atomic mass is 32.1. The SMILES string of the molecule is CCc1nnsc1C(=O)Nc1cccc(OCCN)c1. The number of rotatable bonds is 6. The number of benzene rings is 1. The molecule has 106 valence electrons. The Morgan fingerprint density at radius 3 is 3.10 bits per heavy atom. The Morgan fingerprint density at radius 2 is 2.35 bits per heavy atom. The summed E-state index contributed by atoms with van der Waals surface area (Å²) >= 11 is 1.10. The molecule has 1 aromatic carbocycles. The topological polar surface area (TPSA) is 90.1 Å². The Hall–Kier alpha value is -1.99. The maximum atomic E-state index is 12.1. The predicted octanol–water partition coefficient (Wildman–Crippen LogP) is 1.69. The fourth-order valence-electron chi connectivity index (χ4n) is 1.64. The molecular weight excluding hydrogens is 276 g/mol. The zero-order chi connectivity index (χ0) is 14.4. The normalized spacial score (nSPS) is 10.3. The molecule has 0 saturated heterocycles. The summed E-state index contributed by atoms with van der Waals surface area (Å²) < 4.78 is 9.22. The van der Waals surface area contributed by atoms with Crippen LogP contribution in [-0.4, -0.2) is 28.6 Å². The molecule has 0 aliphatic carbocycles. The predicted molar refractivity (Wildman–Crippen MR) is 78.2 cm³/mol. The molecule has 20 heavy (non-hydrogen) atoms. The minimum atomic E-state index is -0.201. The molecular formula is C13H16N4O2S. The standard InChI is InChI=1S/C13H16N4O2S/c1-2-11-12(20-17-16-11)13(18)15-9-4-3-5-10(8-9)19-7-6-14/h3-5,8H,2,6-7,14H2,1H3,(H,15,18). The number of anilines is 1. The third-order valence-electron chi connectivity index (χ3n) is 2.58. The second-order valence-electron chi connectivity index (χ2n) is 4.02. The van der Waals surface area contributed by atoms with E-state index < -0.39 is 0 Å². The van der Waals surface area contributed by atoms with Gasteiger partial charge < -0.3 is 15.8 Å². The van der Waals surface area contributed by atoms with E-state index >= 15 is 0 Å². The molecule has 0 aliphatic rings. The van der Waals surface area contributed by atoms with Crippen LogP contribution in [0.15, 0.2) is 24.3 Å². The van der Waals surface area contributed by atoms with Crippen molar-refractivity contribution in [2.45, 2.75) is 13.3 Å². The summed E-state index contributed by atoms with van der Waals surface area (Å²) in [5, 5.41) is 6.74. The van der Waals surface area contributed by atoms with Crippen LogP contribution in [0.1, 0.15) is 22.3 Å². The number of carbonyl (C=O) groups excluding carboxylic acids is 1. The van der Waals surface area contributed by atoms with Gasteiger partial charge in [-0.2, -0.15) is 0 Å². The van der Waals surface area contributed by atoms with Gasteiger partial charge in [0.2, 0.25) is 0 Å². The Kier molecular flexibility index (Phi) is 5.03. The van der Waals surface area contributed by atoms with E-state index in [4.69, 9.17) is 10.5 Å². The van der Waals surface area contributed by atoms with Crippen molar-refractivity contribution in [3.05, 3.63) is 34.8 Å². The van der Waals surface area contributed by atoms with Gasteiger partial charge in [0.25, 0.3) is 5.91 Å². The van der Waals surface area contributed by atoms with Crippen molar-refractivity contribution < 1.29 is 9.53 Å². The summed E-state index contributed by atoms with van der Waals surface area (Å²) in [4.78, 5) is 12.7. The van der Waals surface area contributed by atoms with Crippen molar-refractivity contribution >= 4 is 23.1 Å². The fraction of sp³-hybridized carbons (Fsp3) is 0.308. The summed E-state index contributed by atoms with van der Waals surface area (Å²) in [7, 11) is 0. The van der Waals surface area contributed by atoms with Gasteiger partial charge in [-0.05, 0) is 30.1 Å². The van der Waals surface area contributed by atoms with Gasteiger partial charge >= 0.3 is 0 Å². The van der Waals surface area contributed by atoms with Gasteiger partial charge in [-0.15, -0.1) is 5.10 Å². The molecule has 1 heterocycles. The Bertz CT molecular complexity index is 585. The van der Waals surface area contributed by atoms with Gasteiger partial charge in [-0.25, -0.2) is 0 Å². The number of ether oxygens (including phenoxy) is 1. The number of nitrogens with two attached hydrogens (primary N) is 1. The van der Waals surface area contributed by atoms with E-state index in [1.165, 1.54) is 0 Å². The lowest BCUT2D eigenvalue weighted by Gasteiger charge is -2.08. The second-order valence-corrected chi connectivity index (χ2v) is 4.78. The Morgan fingerprint density at radius 1 is 1.50 bits per heavy atom. The second kappa shape index (κ2) is 6.97. The molecule has 0 fully saturated rings. The highest BCUT2D eigenvalue weighted by Gasteiger charge is 2.15. The van der Waals surface area contributed by atoms with Gasteiger partial charge in [-0.1, -0.05) is 17.5 Å². The number of hydrogen-bond acceptors (Lipinski definition) is 6. The van der Waals surface area contributed by atoms with E-state index in [-0.39, 0.29) is 5.91 Å². The first-order valence-corrected chi connectivity index (χ1v) is 7.07. The van der Waals surface area contributed by atoms with Crippen LogP contribution in [0.3, 0.4) is 0 Å². The van der Waals surface area contributed by atoms with Gasteiger partial charge in [0.05, 0.1) is 5.69 Å². The molecule has 1 aromatic heterocycles. The number of hydrogen-bond donors (Lipinski definition) is 2. The molecule has 6 nitrogen and oxygen atoms in total. The monoisotopic (exact) mass is 292 g/mol. The van der Waals surface area contributed by atoms with Gasteiger partial charge in [-0.3, -0.25) is 4.79 Å². The molecule has 2 aromatic rings. The molecule has 0 unspecified atom stereocenters. The summed E-state index contributed by atoms with van der Waals surface area (Å²) in [5.74, 6) is 0.471. The smallest absolute Gasteiger partial charge is 0.269 e.